The number of benzene rings is 2. The van der Waals surface area contributed by atoms with Crippen LogP contribution in [0.2, 0.25) is 0 Å². The van der Waals surface area contributed by atoms with Gasteiger partial charge < -0.3 is 5.32 Å². The fourth-order valence-electron chi connectivity index (χ4n) is 2.55. The number of aryl methyl sites for hydroxylation is 2. The number of halogens is 2. The average molecular weight is 457 g/mol. The van der Waals surface area contributed by atoms with E-state index >= 15 is 0 Å². The summed E-state index contributed by atoms with van der Waals surface area (Å²) >= 11 is 3.16. The third-order valence-electron chi connectivity index (χ3n) is 4.15. The van der Waals surface area contributed by atoms with Crippen molar-refractivity contribution in [1.82, 2.24) is 0 Å². The first-order chi connectivity index (χ1) is 12.6. The van der Waals surface area contributed by atoms with E-state index in [1.165, 1.54) is 16.4 Å². The van der Waals surface area contributed by atoms with Gasteiger partial charge in [0.2, 0.25) is 15.9 Å². The van der Waals surface area contributed by atoms with Crippen molar-refractivity contribution in [3.8, 4) is 0 Å². The highest BCUT2D eigenvalue weighted by Crippen LogP contribution is 2.22. The normalized spacial score (nSPS) is 11.3. The summed E-state index contributed by atoms with van der Waals surface area (Å²) in [6.07, 6.45) is 1.52. The Morgan fingerprint density at radius 3 is 2.44 bits per heavy atom. The molecule has 0 unspecified atom stereocenters. The second-order valence-corrected chi connectivity index (χ2v) is 9.20. The number of hydrogen-bond donors (Lipinski definition) is 1. The molecule has 0 atom stereocenters. The summed E-state index contributed by atoms with van der Waals surface area (Å²) in [7, 11) is -3.48. The zero-order valence-electron chi connectivity index (χ0n) is 15.4. The molecular formula is C19H22BrFN2O3S. The monoisotopic (exact) mass is 456 g/mol. The van der Waals surface area contributed by atoms with Gasteiger partial charge in [-0.1, -0.05) is 22.0 Å². The largest absolute Gasteiger partial charge is 0.324 e. The minimum Gasteiger partial charge on any atom is -0.324 e. The Morgan fingerprint density at radius 1 is 1.15 bits per heavy atom. The van der Waals surface area contributed by atoms with Crippen molar-refractivity contribution in [1.29, 1.82) is 0 Å². The third-order valence-corrected chi connectivity index (χ3v) is 5.84. The minimum atomic E-state index is -3.48. The molecule has 5 nitrogen and oxygen atoms in total. The lowest BCUT2D eigenvalue weighted by molar-refractivity contribution is -0.116. The second kappa shape index (κ2) is 8.84. The fraction of sp³-hybridized carbons (Fsp3) is 0.316. The molecule has 2 rings (SSSR count). The van der Waals surface area contributed by atoms with Crippen LogP contribution in [0.1, 0.15) is 24.0 Å². The molecule has 0 radical (unpaired) electrons. The molecule has 0 fully saturated rings. The Labute approximate surface area is 167 Å². The summed E-state index contributed by atoms with van der Waals surface area (Å²) in [6.45, 7) is 4.03. The first-order valence-electron chi connectivity index (χ1n) is 8.38. The molecule has 2 aromatic carbocycles. The Morgan fingerprint density at radius 2 is 1.85 bits per heavy atom. The number of nitrogens with one attached hydrogen (secondary N) is 1. The number of anilines is 2. The molecule has 0 aliphatic rings. The summed E-state index contributed by atoms with van der Waals surface area (Å²) in [6, 6.07) is 9.79. The van der Waals surface area contributed by atoms with Gasteiger partial charge in [-0.15, -0.1) is 0 Å². The van der Waals surface area contributed by atoms with Gasteiger partial charge in [0.15, 0.2) is 0 Å². The van der Waals surface area contributed by atoms with Crippen LogP contribution in [-0.2, 0) is 14.8 Å². The number of carbonyl (C=O) groups excluding carboxylic acids is 1. The first-order valence-corrected chi connectivity index (χ1v) is 11.0. The predicted molar refractivity (Wildman–Crippen MR) is 110 cm³/mol. The Balaban J connectivity index is 2.01. The van der Waals surface area contributed by atoms with Crippen molar-refractivity contribution in [2.24, 2.45) is 0 Å². The van der Waals surface area contributed by atoms with E-state index in [9.17, 15) is 17.6 Å². The number of amides is 1. The molecule has 1 N–H and O–H groups in total. The molecule has 146 valence electrons. The van der Waals surface area contributed by atoms with E-state index in [1.807, 2.05) is 26.0 Å². The zero-order chi connectivity index (χ0) is 20.2. The molecule has 0 heterocycles. The molecule has 2 aromatic rings. The standard InChI is InChI=1S/C19H22BrFN2O3S/c1-13-6-8-16(11-14(13)2)23(27(3,25)26)10-4-5-19(24)22-18-9-7-15(20)12-17(18)21/h6-9,11-12H,4-5,10H2,1-3H3,(H,22,24). The van der Waals surface area contributed by atoms with E-state index in [1.54, 1.807) is 12.1 Å². The van der Waals surface area contributed by atoms with Crippen molar-refractivity contribution in [3.63, 3.8) is 0 Å². The molecule has 0 bridgehead atoms. The maximum absolute atomic E-state index is 13.8. The number of sulfonamides is 1. The van der Waals surface area contributed by atoms with Crippen LogP contribution in [-0.4, -0.2) is 27.1 Å². The number of nitrogens with zero attached hydrogens (tertiary/aromatic N) is 1. The van der Waals surface area contributed by atoms with E-state index in [0.717, 1.165) is 17.4 Å². The van der Waals surface area contributed by atoms with Crippen molar-refractivity contribution in [3.05, 3.63) is 57.8 Å². The van der Waals surface area contributed by atoms with Crippen LogP contribution in [0, 0.1) is 19.7 Å². The van der Waals surface area contributed by atoms with Crippen LogP contribution in [0.5, 0.6) is 0 Å². The van der Waals surface area contributed by atoms with Gasteiger partial charge in [-0.25, -0.2) is 12.8 Å². The third kappa shape index (κ3) is 6.04. The van der Waals surface area contributed by atoms with Crippen molar-refractivity contribution < 1.29 is 17.6 Å². The Kier molecular flexibility index (Phi) is 7.00. The van der Waals surface area contributed by atoms with Gasteiger partial charge in [0.1, 0.15) is 5.82 Å². The molecule has 0 aromatic heterocycles. The maximum atomic E-state index is 13.8. The van der Waals surface area contributed by atoms with Gasteiger partial charge in [0, 0.05) is 17.4 Å². The summed E-state index contributed by atoms with van der Waals surface area (Å²) in [5.41, 5.74) is 2.73. The number of carbonyl (C=O) groups is 1. The molecule has 8 heteroatoms. The molecule has 0 saturated carbocycles. The van der Waals surface area contributed by atoms with Crippen molar-refractivity contribution in [2.75, 3.05) is 22.4 Å². The van der Waals surface area contributed by atoms with Gasteiger partial charge in [0.25, 0.3) is 0 Å². The van der Waals surface area contributed by atoms with Crippen molar-refractivity contribution in [2.45, 2.75) is 26.7 Å². The van der Waals surface area contributed by atoms with Crippen LogP contribution < -0.4 is 9.62 Å². The minimum absolute atomic E-state index is 0.0758. The van der Waals surface area contributed by atoms with Crippen LogP contribution in [0.3, 0.4) is 0 Å². The number of rotatable bonds is 7. The predicted octanol–water partition coefficient (Wildman–Crippen LogP) is 4.39. The highest BCUT2D eigenvalue weighted by atomic mass is 79.9. The summed E-state index contributed by atoms with van der Waals surface area (Å²) in [5, 5.41) is 2.50. The van der Waals surface area contributed by atoms with Crippen LogP contribution in [0.25, 0.3) is 0 Å². The van der Waals surface area contributed by atoms with Gasteiger partial charge in [-0.3, -0.25) is 9.10 Å². The van der Waals surface area contributed by atoms with Crippen molar-refractivity contribution >= 4 is 43.2 Å². The van der Waals surface area contributed by atoms with E-state index in [2.05, 4.69) is 21.2 Å². The van der Waals surface area contributed by atoms with Crippen LogP contribution in [0.4, 0.5) is 15.8 Å². The van der Waals surface area contributed by atoms with Crippen LogP contribution >= 0.6 is 15.9 Å². The topological polar surface area (TPSA) is 66.5 Å². The maximum Gasteiger partial charge on any atom is 0.232 e. The second-order valence-electron chi connectivity index (χ2n) is 6.38. The molecule has 0 spiro atoms. The zero-order valence-corrected chi connectivity index (χ0v) is 17.8. The number of hydrogen-bond acceptors (Lipinski definition) is 3. The van der Waals surface area contributed by atoms with Gasteiger partial charge in [-0.2, -0.15) is 0 Å². The lowest BCUT2D eigenvalue weighted by Gasteiger charge is -2.23. The van der Waals surface area contributed by atoms with Gasteiger partial charge in [-0.05, 0) is 61.7 Å². The molecule has 0 saturated heterocycles. The highest BCUT2D eigenvalue weighted by Gasteiger charge is 2.18. The molecule has 27 heavy (non-hydrogen) atoms. The lowest BCUT2D eigenvalue weighted by atomic mass is 10.1. The van der Waals surface area contributed by atoms with E-state index in [-0.39, 0.29) is 24.6 Å². The average Bonchev–Trinajstić information content (AvgIpc) is 2.56. The fourth-order valence-corrected chi connectivity index (χ4v) is 3.84. The Bertz CT molecular complexity index is 948. The Hall–Kier alpha value is -1.93. The molecular weight excluding hydrogens is 435 g/mol. The van der Waals surface area contributed by atoms with Gasteiger partial charge in [0.05, 0.1) is 17.6 Å². The SMILES string of the molecule is Cc1ccc(N(CCCC(=O)Nc2ccc(Br)cc2F)S(C)(=O)=O)cc1C. The molecule has 1 amide bonds. The van der Waals surface area contributed by atoms with Gasteiger partial charge >= 0.3 is 0 Å². The highest BCUT2D eigenvalue weighted by molar-refractivity contribution is 9.10. The molecule has 0 aliphatic heterocycles. The van der Waals surface area contributed by atoms with E-state index < -0.39 is 15.8 Å². The quantitative estimate of drug-likeness (QED) is 0.671. The summed E-state index contributed by atoms with van der Waals surface area (Å²) in [4.78, 5) is 12.1. The molecule has 0 aliphatic carbocycles. The van der Waals surface area contributed by atoms with E-state index in [4.69, 9.17) is 0 Å². The first kappa shape index (κ1) is 21.4. The van der Waals surface area contributed by atoms with E-state index in [0.29, 0.717) is 16.6 Å². The summed E-state index contributed by atoms with van der Waals surface area (Å²) < 4.78 is 39.9. The van der Waals surface area contributed by atoms with Crippen LogP contribution in [0.15, 0.2) is 40.9 Å². The smallest absolute Gasteiger partial charge is 0.232 e. The summed E-state index contributed by atoms with van der Waals surface area (Å²) in [5.74, 6) is -0.907. The lowest BCUT2D eigenvalue weighted by Crippen LogP contribution is -2.31.